The van der Waals surface area contributed by atoms with Crippen molar-refractivity contribution in [2.45, 2.75) is 27.3 Å². The van der Waals surface area contributed by atoms with Crippen molar-refractivity contribution in [3.8, 4) is 5.88 Å². The van der Waals surface area contributed by atoms with Gasteiger partial charge < -0.3 is 14.6 Å². The van der Waals surface area contributed by atoms with Crippen LogP contribution in [0.5, 0.6) is 5.88 Å². The molecule has 7 heteroatoms. The Kier molecular flexibility index (Phi) is 3.86. The molecule has 1 N–H and O–H groups in total. The van der Waals surface area contributed by atoms with Crippen molar-refractivity contribution in [3.63, 3.8) is 0 Å². The molecular formula is C15H17N5O2. The van der Waals surface area contributed by atoms with E-state index in [1.165, 1.54) is 0 Å². The molecule has 0 saturated carbocycles. The Morgan fingerprint density at radius 1 is 1.27 bits per heavy atom. The second-order valence-electron chi connectivity index (χ2n) is 4.82. The summed E-state index contributed by atoms with van der Waals surface area (Å²) in [4.78, 5) is 12.9. The lowest BCUT2D eigenvalue weighted by molar-refractivity contribution is 0.323. The van der Waals surface area contributed by atoms with Crippen LogP contribution in [0.3, 0.4) is 0 Å². The molecule has 0 aromatic carbocycles. The maximum absolute atomic E-state index is 5.53. The summed E-state index contributed by atoms with van der Waals surface area (Å²) >= 11 is 0. The van der Waals surface area contributed by atoms with Crippen molar-refractivity contribution in [2.24, 2.45) is 0 Å². The van der Waals surface area contributed by atoms with E-state index >= 15 is 0 Å². The number of aryl methyl sites for hydroxylation is 2. The highest BCUT2D eigenvalue weighted by molar-refractivity contribution is 5.87. The van der Waals surface area contributed by atoms with E-state index in [2.05, 4.69) is 25.4 Å². The number of aromatic nitrogens is 4. The Hall–Kier alpha value is -2.70. The van der Waals surface area contributed by atoms with E-state index in [-0.39, 0.29) is 0 Å². The number of fused-ring (bicyclic) bond motifs is 1. The van der Waals surface area contributed by atoms with Crippen LogP contribution in [-0.2, 0) is 6.54 Å². The summed E-state index contributed by atoms with van der Waals surface area (Å²) in [5, 5.41) is 8.04. The zero-order chi connectivity index (χ0) is 15.5. The van der Waals surface area contributed by atoms with Crippen molar-refractivity contribution < 1.29 is 9.26 Å². The van der Waals surface area contributed by atoms with Crippen LogP contribution in [-0.4, -0.2) is 26.7 Å². The summed E-state index contributed by atoms with van der Waals surface area (Å²) in [6.45, 7) is 6.73. The normalized spacial score (nSPS) is 10.9. The molecule has 0 amide bonds. The highest BCUT2D eigenvalue weighted by Gasteiger charge is 2.14. The number of pyridine rings is 1. The first-order valence-corrected chi connectivity index (χ1v) is 7.10. The average Bonchev–Trinajstić information content (AvgIpc) is 2.87. The highest BCUT2D eigenvalue weighted by Crippen LogP contribution is 2.25. The Morgan fingerprint density at radius 3 is 2.95 bits per heavy atom. The van der Waals surface area contributed by atoms with Crippen LogP contribution < -0.4 is 10.1 Å². The summed E-state index contributed by atoms with van der Waals surface area (Å²) < 4.78 is 10.7. The fourth-order valence-corrected chi connectivity index (χ4v) is 2.23. The minimum atomic E-state index is 0.490. The third-order valence-corrected chi connectivity index (χ3v) is 3.20. The van der Waals surface area contributed by atoms with Crippen LogP contribution in [0, 0.1) is 13.8 Å². The number of anilines is 1. The smallest absolute Gasteiger partial charge is 0.263 e. The summed E-state index contributed by atoms with van der Waals surface area (Å²) in [5.41, 5.74) is 2.21. The first-order chi connectivity index (χ1) is 10.7. The maximum atomic E-state index is 5.53. The lowest BCUT2D eigenvalue weighted by atomic mass is 10.2. The third kappa shape index (κ3) is 2.69. The fourth-order valence-electron chi connectivity index (χ4n) is 2.23. The second kappa shape index (κ2) is 5.97. The van der Waals surface area contributed by atoms with E-state index in [4.69, 9.17) is 9.26 Å². The molecule has 0 atom stereocenters. The van der Waals surface area contributed by atoms with E-state index in [1.807, 2.05) is 32.9 Å². The Morgan fingerprint density at radius 2 is 2.14 bits per heavy atom. The topological polar surface area (TPSA) is 86.0 Å². The molecule has 114 valence electrons. The van der Waals surface area contributed by atoms with Crippen LogP contribution >= 0.6 is 0 Å². The molecule has 3 aromatic heterocycles. The third-order valence-electron chi connectivity index (χ3n) is 3.20. The summed E-state index contributed by atoms with van der Waals surface area (Å²) in [6, 6.07) is 3.85. The van der Waals surface area contributed by atoms with Gasteiger partial charge in [0.25, 0.3) is 5.71 Å². The molecular weight excluding hydrogens is 282 g/mol. The van der Waals surface area contributed by atoms with Gasteiger partial charge in [-0.3, -0.25) is 0 Å². The lowest BCUT2D eigenvalue weighted by Crippen LogP contribution is -2.07. The molecule has 0 aliphatic heterocycles. The van der Waals surface area contributed by atoms with Gasteiger partial charge in [0, 0.05) is 18.3 Å². The van der Waals surface area contributed by atoms with Crippen LogP contribution in [0.15, 0.2) is 22.9 Å². The number of nitrogens with zero attached hydrogens (tertiary/aromatic N) is 4. The molecule has 0 radical (unpaired) electrons. The van der Waals surface area contributed by atoms with Crippen molar-refractivity contribution in [2.75, 3.05) is 11.9 Å². The van der Waals surface area contributed by atoms with E-state index in [1.54, 1.807) is 6.20 Å². The van der Waals surface area contributed by atoms with E-state index < -0.39 is 0 Å². The average molecular weight is 299 g/mol. The Balaban J connectivity index is 1.90. The van der Waals surface area contributed by atoms with E-state index in [0.29, 0.717) is 36.4 Å². The molecule has 22 heavy (non-hydrogen) atoms. The van der Waals surface area contributed by atoms with Crippen LogP contribution in [0.2, 0.25) is 0 Å². The van der Waals surface area contributed by atoms with Gasteiger partial charge in [0.15, 0.2) is 0 Å². The molecule has 0 unspecified atom stereocenters. The van der Waals surface area contributed by atoms with Gasteiger partial charge in [-0.1, -0.05) is 11.2 Å². The van der Waals surface area contributed by atoms with Gasteiger partial charge in [-0.2, -0.15) is 4.98 Å². The number of nitrogens with one attached hydrogen (secondary N) is 1. The standard InChI is InChI=1S/C15H17N5O2/c1-4-21-14-11(6-5-7-16-14)8-17-13-12-9(2)20-22-15(12)19-10(3)18-13/h5-7H,4,8H2,1-3H3,(H,17,18,19). The molecule has 0 spiro atoms. The number of hydrogen-bond donors (Lipinski definition) is 1. The lowest BCUT2D eigenvalue weighted by Gasteiger charge is -2.10. The highest BCUT2D eigenvalue weighted by atomic mass is 16.5. The molecule has 0 aliphatic rings. The van der Waals surface area contributed by atoms with Crippen LogP contribution in [0.25, 0.3) is 11.1 Å². The van der Waals surface area contributed by atoms with Gasteiger partial charge in [0.2, 0.25) is 5.88 Å². The Bertz CT molecular complexity index is 800. The van der Waals surface area contributed by atoms with Gasteiger partial charge in [-0.15, -0.1) is 0 Å². The van der Waals surface area contributed by atoms with Crippen LogP contribution in [0.4, 0.5) is 5.82 Å². The van der Waals surface area contributed by atoms with Crippen molar-refractivity contribution in [3.05, 3.63) is 35.4 Å². The monoisotopic (exact) mass is 299 g/mol. The summed E-state index contributed by atoms with van der Waals surface area (Å²) in [5.74, 6) is 1.96. The largest absolute Gasteiger partial charge is 0.478 e. The number of rotatable bonds is 5. The Labute approximate surface area is 127 Å². The van der Waals surface area contributed by atoms with Gasteiger partial charge in [-0.25, -0.2) is 9.97 Å². The summed E-state index contributed by atoms with van der Waals surface area (Å²) in [7, 11) is 0. The first-order valence-electron chi connectivity index (χ1n) is 7.10. The van der Waals surface area contributed by atoms with Crippen molar-refractivity contribution in [1.82, 2.24) is 20.1 Å². The SMILES string of the molecule is CCOc1ncccc1CNc1nc(C)nc2onc(C)c12. The summed E-state index contributed by atoms with van der Waals surface area (Å²) in [6.07, 6.45) is 1.71. The molecule has 3 heterocycles. The molecule has 0 aliphatic carbocycles. The molecule has 3 aromatic rings. The number of ether oxygens (including phenoxy) is 1. The van der Waals surface area contributed by atoms with Gasteiger partial charge in [-0.05, 0) is 26.8 Å². The molecule has 3 rings (SSSR count). The fraction of sp³-hybridized carbons (Fsp3) is 0.333. The quantitative estimate of drug-likeness (QED) is 0.775. The van der Waals surface area contributed by atoms with Crippen molar-refractivity contribution >= 4 is 16.9 Å². The number of hydrogen-bond acceptors (Lipinski definition) is 7. The molecule has 0 saturated heterocycles. The van der Waals surface area contributed by atoms with Gasteiger partial charge in [0.05, 0.1) is 12.3 Å². The van der Waals surface area contributed by atoms with E-state index in [0.717, 1.165) is 16.6 Å². The zero-order valence-electron chi connectivity index (χ0n) is 12.8. The minimum Gasteiger partial charge on any atom is -0.478 e. The second-order valence-corrected chi connectivity index (χ2v) is 4.82. The van der Waals surface area contributed by atoms with Gasteiger partial charge >= 0.3 is 0 Å². The molecule has 7 nitrogen and oxygen atoms in total. The predicted octanol–water partition coefficient (Wildman–Crippen LogP) is 2.64. The van der Waals surface area contributed by atoms with Crippen molar-refractivity contribution in [1.29, 1.82) is 0 Å². The van der Waals surface area contributed by atoms with Gasteiger partial charge in [0.1, 0.15) is 17.0 Å². The zero-order valence-corrected chi connectivity index (χ0v) is 12.8. The molecule has 0 bridgehead atoms. The minimum absolute atomic E-state index is 0.490. The first kappa shape index (κ1) is 14.2. The van der Waals surface area contributed by atoms with Crippen LogP contribution in [0.1, 0.15) is 24.0 Å². The van der Waals surface area contributed by atoms with E-state index in [9.17, 15) is 0 Å². The molecule has 0 fully saturated rings. The predicted molar refractivity (Wildman–Crippen MR) is 81.8 cm³/mol. The maximum Gasteiger partial charge on any atom is 0.263 e.